The van der Waals surface area contributed by atoms with Gasteiger partial charge in [-0.2, -0.15) is 0 Å². The molecule has 3 amide bonds. The fraction of sp³-hybridized carbons (Fsp3) is 0.485. The van der Waals surface area contributed by atoms with Crippen LogP contribution < -0.4 is 5.32 Å². The summed E-state index contributed by atoms with van der Waals surface area (Å²) in [5.74, 6) is -2.37. The van der Waals surface area contributed by atoms with E-state index in [1.165, 1.54) is 4.90 Å². The first-order valence-electron chi connectivity index (χ1n) is 14.9. The van der Waals surface area contributed by atoms with Gasteiger partial charge in [0, 0.05) is 6.54 Å². The monoisotopic (exact) mass is 607 g/mol. The molecule has 11 heteroatoms. The highest BCUT2D eigenvalue weighted by Gasteiger charge is 2.64. The maximum atomic E-state index is 13.7. The quantitative estimate of drug-likeness (QED) is 0.233. The predicted molar refractivity (Wildman–Crippen MR) is 160 cm³/mol. The van der Waals surface area contributed by atoms with Gasteiger partial charge < -0.3 is 29.3 Å². The molecule has 2 heterocycles. The smallest absolute Gasteiger partial charge is 0.408 e. The normalized spacial score (nSPS) is 19.8. The third kappa shape index (κ3) is 8.36. The van der Waals surface area contributed by atoms with Crippen molar-refractivity contribution in [3.05, 3.63) is 71.8 Å². The summed E-state index contributed by atoms with van der Waals surface area (Å²) < 4.78 is 16.3. The topological polar surface area (TPSA) is 131 Å². The van der Waals surface area contributed by atoms with Crippen LogP contribution in [0.4, 0.5) is 4.79 Å². The third-order valence-electron chi connectivity index (χ3n) is 7.28. The van der Waals surface area contributed by atoms with E-state index in [2.05, 4.69) is 5.32 Å². The Balaban J connectivity index is 1.46. The number of alkyl carbamates (subject to hydrolysis) is 1. The van der Waals surface area contributed by atoms with Crippen molar-refractivity contribution in [1.29, 1.82) is 0 Å². The van der Waals surface area contributed by atoms with E-state index >= 15 is 0 Å². The second-order valence-corrected chi connectivity index (χ2v) is 12.5. The van der Waals surface area contributed by atoms with Crippen LogP contribution in [0.5, 0.6) is 0 Å². The molecule has 0 saturated carbocycles. The second-order valence-electron chi connectivity index (χ2n) is 12.5. The van der Waals surface area contributed by atoms with Crippen LogP contribution in [0, 0.1) is 5.92 Å². The molecule has 0 aliphatic carbocycles. The molecule has 2 saturated heterocycles. The largest absolute Gasteiger partial charge is 0.459 e. The lowest BCUT2D eigenvalue weighted by Gasteiger charge is -2.42. The summed E-state index contributed by atoms with van der Waals surface area (Å²) in [6, 6.07) is 14.0. The van der Waals surface area contributed by atoms with Crippen molar-refractivity contribution in [3.63, 3.8) is 0 Å². The zero-order chi connectivity index (χ0) is 32.0. The van der Waals surface area contributed by atoms with Gasteiger partial charge in [0.2, 0.25) is 11.8 Å². The Labute approximate surface area is 257 Å². The van der Waals surface area contributed by atoms with Crippen molar-refractivity contribution >= 4 is 29.8 Å². The molecule has 11 nitrogen and oxygen atoms in total. The lowest BCUT2D eigenvalue weighted by atomic mass is 9.97. The van der Waals surface area contributed by atoms with Crippen molar-refractivity contribution in [1.82, 2.24) is 15.1 Å². The minimum atomic E-state index is -1.17. The number of nitrogens with zero attached hydrogens (tertiary/aromatic N) is 2. The molecule has 4 rings (SSSR count). The van der Waals surface area contributed by atoms with Crippen molar-refractivity contribution in [2.24, 2.45) is 5.92 Å². The first-order chi connectivity index (χ1) is 20.9. The number of rotatable bonds is 11. The van der Waals surface area contributed by atoms with Crippen LogP contribution >= 0.6 is 0 Å². The number of likely N-dealkylation sites (tertiary alicyclic amines) is 1. The second kappa shape index (κ2) is 13.9. The minimum Gasteiger partial charge on any atom is -0.459 e. The van der Waals surface area contributed by atoms with Gasteiger partial charge in [-0.05, 0) is 50.7 Å². The highest BCUT2D eigenvalue weighted by molar-refractivity contribution is 6.03. The number of carbonyl (C=O) groups excluding carboxylic acids is 5. The molecule has 2 aliphatic heterocycles. The van der Waals surface area contributed by atoms with Crippen LogP contribution in [0.25, 0.3) is 0 Å². The van der Waals surface area contributed by atoms with Gasteiger partial charge in [0.25, 0.3) is 0 Å². The van der Waals surface area contributed by atoms with E-state index in [0.717, 1.165) is 16.0 Å². The molecule has 0 radical (unpaired) electrons. The summed E-state index contributed by atoms with van der Waals surface area (Å²) in [6.45, 7) is 9.26. The number of nitrogens with one attached hydrogen (secondary N) is 1. The Hall–Kier alpha value is -4.41. The summed E-state index contributed by atoms with van der Waals surface area (Å²) in [4.78, 5) is 68.6. The Morgan fingerprint density at radius 1 is 0.841 bits per heavy atom. The standard InChI is InChI=1S/C33H41N3O8/c1-21(2)18-24(34-32(41)44-33(3,4)5)28(37)35-17-16-25(35)29(38)36-26(30(39)42-19-22-12-8-6-9-13-22)27(36)31(40)43-20-23-14-10-7-11-15-23/h6-15,21,24-27H,16-20H2,1-5H3,(H,34,41)/t24-,25-,26-,27-/m0/s1. The zero-order valence-corrected chi connectivity index (χ0v) is 25.9. The molecule has 236 valence electrons. The highest BCUT2D eigenvalue weighted by atomic mass is 16.6. The maximum Gasteiger partial charge on any atom is 0.408 e. The molecule has 4 atom stereocenters. The lowest BCUT2D eigenvalue weighted by molar-refractivity contribution is -0.154. The summed E-state index contributed by atoms with van der Waals surface area (Å²) in [7, 11) is 0. The van der Waals surface area contributed by atoms with E-state index < -0.39 is 59.6 Å². The number of benzene rings is 2. The predicted octanol–water partition coefficient (Wildman–Crippen LogP) is 3.59. The van der Waals surface area contributed by atoms with E-state index in [9.17, 15) is 24.0 Å². The van der Waals surface area contributed by atoms with E-state index in [1.54, 1.807) is 45.0 Å². The van der Waals surface area contributed by atoms with Gasteiger partial charge in [0.15, 0.2) is 12.1 Å². The Kier molecular flexibility index (Phi) is 10.3. The minimum absolute atomic E-state index is 0.0226. The Morgan fingerprint density at radius 3 is 1.75 bits per heavy atom. The van der Waals surface area contributed by atoms with E-state index in [1.807, 2.05) is 50.2 Å². The highest BCUT2D eigenvalue weighted by Crippen LogP contribution is 2.35. The van der Waals surface area contributed by atoms with Gasteiger partial charge in [-0.25, -0.2) is 14.4 Å². The Morgan fingerprint density at radius 2 is 1.34 bits per heavy atom. The van der Waals surface area contributed by atoms with E-state index in [0.29, 0.717) is 19.4 Å². The van der Waals surface area contributed by atoms with Crippen LogP contribution in [-0.4, -0.2) is 76.0 Å². The number of esters is 2. The van der Waals surface area contributed by atoms with Gasteiger partial charge >= 0.3 is 18.0 Å². The lowest BCUT2D eigenvalue weighted by Crippen LogP contribution is -2.62. The average Bonchev–Trinajstić information content (AvgIpc) is 3.70. The SMILES string of the molecule is CC(C)C[C@H](NC(=O)OC(C)(C)C)C(=O)N1CC[C@H]1C(=O)N1[C@H](C(=O)OCc2ccccc2)[C@H]1C(=O)OCc1ccccc1. The molecular formula is C33H41N3O8. The molecule has 2 fully saturated rings. The fourth-order valence-corrected chi connectivity index (χ4v) is 5.04. The van der Waals surface area contributed by atoms with Gasteiger partial charge in [0.1, 0.15) is 30.9 Å². The van der Waals surface area contributed by atoms with Gasteiger partial charge in [-0.3, -0.25) is 9.59 Å². The summed E-state index contributed by atoms with van der Waals surface area (Å²) in [5, 5.41) is 2.65. The van der Waals surface area contributed by atoms with Gasteiger partial charge in [-0.15, -0.1) is 0 Å². The molecule has 0 bridgehead atoms. The van der Waals surface area contributed by atoms with Crippen molar-refractivity contribution < 1.29 is 38.2 Å². The zero-order valence-electron chi connectivity index (χ0n) is 25.9. The van der Waals surface area contributed by atoms with Gasteiger partial charge in [0.05, 0.1) is 0 Å². The van der Waals surface area contributed by atoms with Crippen LogP contribution in [0.15, 0.2) is 60.7 Å². The van der Waals surface area contributed by atoms with Crippen LogP contribution in [0.2, 0.25) is 0 Å². The summed E-state index contributed by atoms with van der Waals surface area (Å²) in [5.41, 5.74) is 0.761. The third-order valence-corrected chi connectivity index (χ3v) is 7.28. The molecule has 2 aromatic carbocycles. The molecule has 0 aromatic heterocycles. The molecule has 44 heavy (non-hydrogen) atoms. The summed E-state index contributed by atoms with van der Waals surface area (Å²) >= 11 is 0. The molecular weight excluding hydrogens is 566 g/mol. The molecule has 2 aliphatic rings. The molecule has 2 aromatic rings. The first kappa shape index (κ1) is 32.5. The van der Waals surface area contributed by atoms with Crippen LogP contribution in [-0.2, 0) is 46.6 Å². The van der Waals surface area contributed by atoms with Crippen molar-refractivity contribution in [2.75, 3.05) is 6.54 Å². The summed E-state index contributed by atoms with van der Waals surface area (Å²) in [6.07, 6.45) is -0.0463. The molecule has 1 N–H and O–H groups in total. The van der Waals surface area contributed by atoms with E-state index in [-0.39, 0.29) is 19.1 Å². The Bertz CT molecular complexity index is 1280. The number of hydrogen-bond acceptors (Lipinski definition) is 8. The maximum absolute atomic E-state index is 13.7. The number of carbonyl (C=O) groups is 5. The molecule has 0 unspecified atom stereocenters. The fourth-order valence-electron chi connectivity index (χ4n) is 5.04. The average molecular weight is 608 g/mol. The van der Waals surface area contributed by atoms with Crippen molar-refractivity contribution in [3.8, 4) is 0 Å². The number of amides is 3. The van der Waals surface area contributed by atoms with E-state index in [4.69, 9.17) is 14.2 Å². The number of hydrogen-bond donors (Lipinski definition) is 1. The molecule has 0 spiro atoms. The van der Waals surface area contributed by atoms with Crippen molar-refractivity contribution in [2.45, 2.75) is 90.4 Å². The number of ether oxygens (including phenoxy) is 3. The first-order valence-corrected chi connectivity index (χ1v) is 14.9. The van der Waals surface area contributed by atoms with Crippen LogP contribution in [0.1, 0.15) is 58.6 Å². The van der Waals surface area contributed by atoms with Gasteiger partial charge in [-0.1, -0.05) is 74.5 Å². The van der Waals surface area contributed by atoms with Crippen LogP contribution in [0.3, 0.4) is 0 Å².